The Bertz CT molecular complexity index is 1430. The van der Waals surface area contributed by atoms with Crippen molar-refractivity contribution in [3.8, 4) is 11.5 Å². The summed E-state index contributed by atoms with van der Waals surface area (Å²) in [5, 5.41) is 0.00905. The summed E-state index contributed by atoms with van der Waals surface area (Å²) in [6.45, 7) is 1.00. The minimum atomic E-state index is -4.43. The second-order valence-electron chi connectivity index (χ2n) is 8.63. The van der Waals surface area contributed by atoms with Crippen LogP contribution in [0.2, 0.25) is 5.02 Å². The molecule has 1 amide bonds. The Hall–Kier alpha value is -3.64. The molecular weight excluding hydrogens is 559 g/mol. The topological polar surface area (TPSA) is 88.2 Å². The fraction of sp³-hybridized carbons (Fsp3) is 0.269. The molecule has 208 valence electrons. The van der Waals surface area contributed by atoms with Gasteiger partial charge in [-0.1, -0.05) is 17.7 Å². The maximum atomic E-state index is 13.0. The van der Waals surface area contributed by atoms with Crippen LogP contribution in [0.25, 0.3) is 0 Å². The van der Waals surface area contributed by atoms with E-state index in [0.717, 1.165) is 12.1 Å². The van der Waals surface area contributed by atoms with Gasteiger partial charge in [0, 0.05) is 37.6 Å². The Morgan fingerprint density at radius 2 is 1.69 bits per heavy atom. The third kappa shape index (κ3) is 7.07. The van der Waals surface area contributed by atoms with E-state index in [2.05, 4.69) is 4.72 Å². The molecule has 0 bridgehead atoms. The second kappa shape index (κ2) is 11.6. The molecule has 1 aliphatic rings. The molecular formula is C26H25ClF3N3O5S. The molecule has 0 radical (unpaired) electrons. The quantitative estimate of drug-likeness (QED) is 0.406. The van der Waals surface area contributed by atoms with Crippen molar-refractivity contribution < 1.29 is 35.9 Å². The van der Waals surface area contributed by atoms with E-state index in [1.807, 2.05) is 0 Å². The van der Waals surface area contributed by atoms with Crippen molar-refractivity contribution in [3.05, 3.63) is 77.3 Å². The summed E-state index contributed by atoms with van der Waals surface area (Å²) in [6, 6.07) is 15.3. The van der Waals surface area contributed by atoms with Gasteiger partial charge < -0.3 is 19.3 Å². The summed E-state index contributed by atoms with van der Waals surface area (Å²) in [5.41, 5.74) is 0.0570. The van der Waals surface area contributed by atoms with Gasteiger partial charge in [-0.25, -0.2) is 8.42 Å². The van der Waals surface area contributed by atoms with E-state index in [-0.39, 0.29) is 28.2 Å². The van der Waals surface area contributed by atoms with Crippen molar-refractivity contribution in [2.24, 2.45) is 0 Å². The van der Waals surface area contributed by atoms with E-state index in [9.17, 15) is 26.4 Å². The monoisotopic (exact) mass is 583 g/mol. The lowest BCUT2D eigenvalue weighted by molar-refractivity contribution is -0.137. The fourth-order valence-corrected chi connectivity index (χ4v) is 5.35. The molecule has 1 heterocycles. The standard InChI is InChI=1S/C26H25ClF3N3O5S/c1-37-21-7-5-19(6-8-21)31-39(35,36)22-9-10-24(23(27)16-22)38-17-25(34)33-13-11-32(12-14-33)20-4-2-3-18(15-20)26(28,29)30/h2-10,15-16,31H,11-14,17H2,1H3. The molecule has 0 unspecified atom stereocenters. The van der Waals surface area contributed by atoms with Crippen LogP contribution < -0.4 is 19.1 Å². The molecule has 39 heavy (non-hydrogen) atoms. The minimum Gasteiger partial charge on any atom is -0.497 e. The minimum absolute atomic E-state index is 0.00905. The van der Waals surface area contributed by atoms with Crippen molar-refractivity contribution in [2.75, 3.05) is 49.5 Å². The maximum absolute atomic E-state index is 13.0. The van der Waals surface area contributed by atoms with Gasteiger partial charge in [-0.15, -0.1) is 0 Å². The molecule has 1 aliphatic heterocycles. The van der Waals surface area contributed by atoms with Gasteiger partial charge >= 0.3 is 6.18 Å². The van der Waals surface area contributed by atoms with Crippen LogP contribution in [-0.2, 0) is 21.0 Å². The van der Waals surface area contributed by atoms with Gasteiger partial charge in [-0.2, -0.15) is 13.2 Å². The highest BCUT2D eigenvalue weighted by Gasteiger charge is 2.31. The highest BCUT2D eigenvalue weighted by atomic mass is 35.5. The average Bonchev–Trinajstić information content (AvgIpc) is 2.92. The summed E-state index contributed by atoms with van der Waals surface area (Å²) in [5.74, 6) is 0.387. The lowest BCUT2D eigenvalue weighted by atomic mass is 10.1. The molecule has 1 N–H and O–H groups in total. The predicted molar refractivity (Wildman–Crippen MR) is 141 cm³/mol. The first kappa shape index (κ1) is 28.4. The maximum Gasteiger partial charge on any atom is 0.416 e. The second-order valence-corrected chi connectivity index (χ2v) is 10.7. The highest BCUT2D eigenvalue weighted by molar-refractivity contribution is 7.92. The summed E-state index contributed by atoms with van der Waals surface area (Å²) in [7, 11) is -2.43. The SMILES string of the molecule is COc1ccc(NS(=O)(=O)c2ccc(OCC(=O)N3CCN(c4cccc(C(F)(F)F)c4)CC3)c(Cl)c2)cc1. The summed E-state index contributed by atoms with van der Waals surface area (Å²) < 4.78 is 77.5. The van der Waals surface area contributed by atoms with Crippen molar-refractivity contribution in [3.63, 3.8) is 0 Å². The molecule has 3 aromatic rings. The van der Waals surface area contributed by atoms with E-state index in [0.29, 0.717) is 43.3 Å². The molecule has 0 atom stereocenters. The lowest BCUT2D eigenvalue weighted by Gasteiger charge is -2.36. The number of anilines is 2. The van der Waals surface area contributed by atoms with Gasteiger partial charge in [0.15, 0.2) is 6.61 Å². The van der Waals surface area contributed by atoms with Crippen LogP contribution >= 0.6 is 11.6 Å². The van der Waals surface area contributed by atoms with E-state index >= 15 is 0 Å². The third-order valence-corrected chi connectivity index (χ3v) is 7.75. The zero-order valence-corrected chi connectivity index (χ0v) is 22.3. The van der Waals surface area contributed by atoms with Crippen LogP contribution in [-0.4, -0.2) is 59.1 Å². The molecule has 13 heteroatoms. The highest BCUT2D eigenvalue weighted by Crippen LogP contribution is 2.32. The Balaban J connectivity index is 1.31. The normalized spacial score (nSPS) is 14.2. The van der Waals surface area contributed by atoms with Crippen molar-refractivity contribution in [1.29, 1.82) is 0 Å². The first-order chi connectivity index (χ1) is 18.5. The van der Waals surface area contributed by atoms with Crippen LogP contribution in [0.5, 0.6) is 11.5 Å². The van der Waals surface area contributed by atoms with Crippen molar-refractivity contribution in [2.45, 2.75) is 11.1 Å². The van der Waals surface area contributed by atoms with Crippen LogP contribution in [0, 0.1) is 0 Å². The Morgan fingerprint density at radius 3 is 2.31 bits per heavy atom. The zero-order chi connectivity index (χ0) is 28.2. The van der Waals surface area contributed by atoms with Crippen molar-refractivity contribution in [1.82, 2.24) is 4.90 Å². The van der Waals surface area contributed by atoms with Crippen LogP contribution in [0.1, 0.15) is 5.56 Å². The number of hydrogen-bond acceptors (Lipinski definition) is 6. The molecule has 1 fully saturated rings. The van der Waals surface area contributed by atoms with Gasteiger partial charge in [0.05, 0.1) is 22.6 Å². The molecule has 0 spiro atoms. The van der Waals surface area contributed by atoms with Gasteiger partial charge in [-0.3, -0.25) is 9.52 Å². The Morgan fingerprint density at radius 1 is 1.00 bits per heavy atom. The number of ether oxygens (including phenoxy) is 2. The number of halogens is 4. The summed E-state index contributed by atoms with van der Waals surface area (Å²) in [6.07, 6.45) is -4.43. The van der Waals surface area contributed by atoms with Crippen LogP contribution in [0.4, 0.5) is 24.5 Å². The third-order valence-electron chi connectivity index (χ3n) is 6.08. The van der Waals surface area contributed by atoms with Gasteiger partial charge in [0.1, 0.15) is 11.5 Å². The van der Waals surface area contributed by atoms with Gasteiger partial charge in [-0.05, 0) is 60.7 Å². The number of carbonyl (C=O) groups is 1. The number of hydrogen-bond donors (Lipinski definition) is 1. The number of sulfonamides is 1. The first-order valence-corrected chi connectivity index (χ1v) is 13.6. The van der Waals surface area contributed by atoms with E-state index in [4.69, 9.17) is 21.1 Å². The number of rotatable bonds is 8. The lowest BCUT2D eigenvalue weighted by Crippen LogP contribution is -2.50. The number of nitrogens with one attached hydrogen (secondary N) is 1. The number of benzene rings is 3. The molecule has 1 saturated heterocycles. The predicted octanol–water partition coefficient (Wildman–Crippen LogP) is 4.90. The zero-order valence-electron chi connectivity index (χ0n) is 20.7. The van der Waals surface area contributed by atoms with Crippen LogP contribution in [0.15, 0.2) is 71.6 Å². The first-order valence-electron chi connectivity index (χ1n) is 11.8. The summed E-state index contributed by atoms with van der Waals surface area (Å²) >= 11 is 6.23. The van der Waals surface area contributed by atoms with E-state index in [1.165, 1.54) is 31.4 Å². The number of alkyl halides is 3. The Kier molecular flexibility index (Phi) is 8.45. The van der Waals surface area contributed by atoms with E-state index in [1.54, 1.807) is 40.1 Å². The smallest absolute Gasteiger partial charge is 0.416 e. The Labute approximate surface area is 228 Å². The van der Waals surface area contributed by atoms with Crippen LogP contribution in [0.3, 0.4) is 0 Å². The molecule has 4 rings (SSSR count). The fourth-order valence-electron chi connectivity index (χ4n) is 3.96. The largest absolute Gasteiger partial charge is 0.497 e. The molecule has 3 aromatic carbocycles. The molecule has 0 aromatic heterocycles. The molecule has 8 nitrogen and oxygen atoms in total. The van der Waals surface area contributed by atoms with Gasteiger partial charge in [0.25, 0.3) is 15.9 Å². The van der Waals surface area contributed by atoms with Gasteiger partial charge in [0.2, 0.25) is 0 Å². The summed E-state index contributed by atoms with van der Waals surface area (Å²) in [4.78, 5) is 15.9. The molecule has 0 saturated carbocycles. The van der Waals surface area contributed by atoms with E-state index < -0.39 is 21.8 Å². The number of carbonyl (C=O) groups excluding carboxylic acids is 1. The molecule has 0 aliphatic carbocycles. The number of methoxy groups -OCH3 is 1. The number of amides is 1. The van der Waals surface area contributed by atoms with Crippen molar-refractivity contribution >= 4 is 38.9 Å². The number of piperazine rings is 1. The number of nitrogens with zero attached hydrogens (tertiary/aromatic N) is 2. The average molecular weight is 584 g/mol.